The fraction of sp³-hybridized carbons (Fsp3) is 0.588. The number of methoxy groups -OCH3 is 1. The van der Waals surface area contributed by atoms with E-state index in [0.29, 0.717) is 26.1 Å². The van der Waals surface area contributed by atoms with E-state index in [0.717, 1.165) is 31.1 Å². The van der Waals surface area contributed by atoms with E-state index in [-0.39, 0.29) is 17.7 Å². The predicted octanol–water partition coefficient (Wildman–Crippen LogP) is 0.607. The number of likely N-dealkylation sites (tertiary alicyclic amines) is 1. The standard InChI is InChI=1S/C17H24N4O3/c1-19-6-4-13(11-16(19)22)17(23)21-9-7-20(8-10-21)15-12-14(24-2)3-5-18-15/h3,5,12-13H,4,6-11H2,1-2H3. The number of rotatable bonds is 3. The Balaban J connectivity index is 1.56. The van der Waals surface area contributed by atoms with Gasteiger partial charge < -0.3 is 19.4 Å². The molecule has 2 aliphatic rings. The van der Waals surface area contributed by atoms with Gasteiger partial charge in [-0.25, -0.2) is 4.98 Å². The zero-order chi connectivity index (χ0) is 17.1. The number of amides is 2. The van der Waals surface area contributed by atoms with Gasteiger partial charge in [-0.05, 0) is 12.5 Å². The Labute approximate surface area is 142 Å². The summed E-state index contributed by atoms with van der Waals surface area (Å²) >= 11 is 0. The molecule has 3 heterocycles. The van der Waals surface area contributed by atoms with Crippen LogP contribution < -0.4 is 9.64 Å². The van der Waals surface area contributed by atoms with Gasteiger partial charge in [0.25, 0.3) is 0 Å². The van der Waals surface area contributed by atoms with Gasteiger partial charge in [0, 0.05) is 64.4 Å². The lowest BCUT2D eigenvalue weighted by Crippen LogP contribution is -2.52. The van der Waals surface area contributed by atoms with Crippen molar-refractivity contribution in [3.63, 3.8) is 0 Å². The largest absolute Gasteiger partial charge is 0.497 e. The smallest absolute Gasteiger partial charge is 0.226 e. The fourth-order valence-electron chi connectivity index (χ4n) is 3.27. The summed E-state index contributed by atoms with van der Waals surface area (Å²) in [5, 5.41) is 0. The highest BCUT2D eigenvalue weighted by Crippen LogP contribution is 2.23. The van der Waals surface area contributed by atoms with Gasteiger partial charge in [-0.3, -0.25) is 9.59 Å². The minimum absolute atomic E-state index is 0.0683. The summed E-state index contributed by atoms with van der Waals surface area (Å²) in [6, 6.07) is 3.73. The second kappa shape index (κ2) is 7.07. The molecule has 24 heavy (non-hydrogen) atoms. The number of anilines is 1. The summed E-state index contributed by atoms with van der Waals surface area (Å²) in [5.41, 5.74) is 0. The van der Waals surface area contributed by atoms with E-state index < -0.39 is 0 Å². The molecule has 2 aliphatic heterocycles. The molecule has 7 nitrogen and oxygen atoms in total. The highest BCUT2D eigenvalue weighted by molar-refractivity contribution is 5.87. The van der Waals surface area contributed by atoms with Crippen molar-refractivity contribution in [2.75, 3.05) is 51.8 Å². The number of ether oxygens (including phenoxy) is 1. The molecule has 2 fully saturated rings. The van der Waals surface area contributed by atoms with Crippen molar-refractivity contribution in [2.24, 2.45) is 5.92 Å². The second-order valence-corrected chi connectivity index (χ2v) is 6.37. The molecule has 0 N–H and O–H groups in total. The fourth-order valence-corrected chi connectivity index (χ4v) is 3.27. The van der Waals surface area contributed by atoms with Crippen molar-refractivity contribution < 1.29 is 14.3 Å². The first kappa shape index (κ1) is 16.5. The van der Waals surface area contributed by atoms with Gasteiger partial charge in [0.15, 0.2) is 0 Å². The molecule has 1 aromatic heterocycles. The Hall–Kier alpha value is -2.31. The lowest BCUT2D eigenvalue weighted by Gasteiger charge is -2.38. The van der Waals surface area contributed by atoms with Crippen molar-refractivity contribution in [1.29, 1.82) is 0 Å². The van der Waals surface area contributed by atoms with Crippen molar-refractivity contribution in [2.45, 2.75) is 12.8 Å². The molecule has 0 aromatic carbocycles. The molecule has 1 atom stereocenters. The average Bonchev–Trinajstić information content (AvgIpc) is 2.63. The third-order valence-corrected chi connectivity index (χ3v) is 4.88. The molecule has 0 radical (unpaired) electrons. The molecule has 0 saturated carbocycles. The van der Waals surface area contributed by atoms with Gasteiger partial charge in [0.05, 0.1) is 7.11 Å². The number of hydrogen-bond donors (Lipinski definition) is 0. The van der Waals surface area contributed by atoms with Gasteiger partial charge >= 0.3 is 0 Å². The third-order valence-electron chi connectivity index (χ3n) is 4.88. The number of carbonyl (C=O) groups excluding carboxylic acids is 2. The Kier molecular flexibility index (Phi) is 4.87. The highest BCUT2D eigenvalue weighted by atomic mass is 16.5. The van der Waals surface area contributed by atoms with Gasteiger partial charge in [-0.1, -0.05) is 0 Å². The van der Waals surface area contributed by atoms with Crippen LogP contribution in [0.4, 0.5) is 5.82 Å². The SMILES string of the molecule is COc1ccnc(N2CCN(C(=O)C3CCN(C)C(=O)C3)CC2)c1. The molecular formula is C17H24N4O3. The summed E-state index contributed by atoms with van der Waals surface area (Å²) in [6.45, 7) is 3.48. The van der Waals surface area contributed by atoms with E-state index in [1.165, 1.54) is 0 Å². The molecule has 3 rings (SSSR count). The molecule has 2 saturated heterocycles. The number of nitrogens with zero attached hydrogens (tertiary/aromatic N) is 4. The predicted molar refractivity (Wildman–Crippen MR) is 89.9 cm³/mol. The summed E-state index contributed by atoms with van der Waals surface area (Å²) in [4.78, 5) is 34.6. The first-order chi connectivity index (χ1) is 11.6. The van der Waals surface area contributed by atoms with E-state index in [2.05, 4.69) is 9.88 Å². The van der Waals surface area contributed by atoms with Crippen LogP contribution in [0.15, 0.2) is 18.3 Å². The highest BCUT2D eigenvalue weighted by Gasteiger charge is 2.33. The molecule has 0 aliphatic carbocycles. The second-order valence-electron chi connectivity index (χ2n) is 6.37. The summed E-state index contributed by atoms with van der Waals surface area (Å²) in [5.74, 6) is 1.68. The van der Waals surface area contributed by atoms with Crippen molar-refractivity contribution in [3.05, 3.63) is 18.3 Å². The Bertz CT molecular complexity index is 614. The maximum atomic E-state index is 12.7. The minimum Gasteiger partial charge on any atom is -0.497 e. The van der Waals surface area contributed by atoms with Crippen LogP contribution in [0.5, 0.6) is 5.75 Å². The van der Waals surface area contributed by atoms with E-state index in [4.69, 9.17) is 4.74 Å². The summed E-state index contributed by atoms with van der Waals surface area (Å²) in [7, 11) is 3.43. The first-order valence-electron chi connectivity index (χ1n) is 8.36. The average molecular weight is 332 g/mol. The summed E-state index contributed by atoms with van der Waals surface area (Å²) < 4.78 is 5.24. The van der Waals surface area contributed by atoms with E-state index >= 15 is 0 Å². The monoisotopic (exact) mass is 332 g/mol. The normalized spacial score (nSPS) is 21.8. The van der Waals surface area contributed by atoms with Crippen molar-refractivity contribution >= 4 is 17.6 Å². The molecule has 0 bridgehead atoms. The lowest BCUT2D eigenvalue weighted by atomic mass is 9.94. The maximum absolute atomic E-state index is 12.7. The number of carbonyl (C=O) groups is 2. The van der Waals surface area contributed by atoms with Gasteiger partial charge in [0.2, 0.25) is 11.8 Å². The van der Waals surface area contributed by atoms with Crippen LogP contribution in [0.3, 0.4) is 0 Å². The van der Waals surface area contributed by atoms with E-state index in [1.807, 2.05) is 17.0 Å². The Morgan fingerprint density at radius 1 is 1.25 bits per heavy atom. The van der Waals surface area contributed by atoms with Crippen LogP contribution in [0.25, 0.3) is 0 Å². The molecule has 2 amide bonds. The third kappa shape index (κ3) is 3.44. The van der Waals surface area contributed by atoms with Crippen LogP contribution in [0.1, 0.15) is 12.8 Å². The van der Waals surface area contributed by atoms with E-state index in [1.54, 1.807) is 25.3 Å². The van der Waals surface area contributed by atoms with Gasteiger partial charge in [-0.15, -0.1) is 0 Å². The quantitative estimate of drug-likeness (QED) is 0.811. The molecule has 1 unspecified atom stereocenters. The zero-order valence-corrected chi connectivity index (χ0v) is 14.3. The van der Waals surface area contributed by atoms with Gasteiger partial charge in [0.1, 0.15) is 11.6 Å². The van der Waals surface area contributed by atoms with Crippen molar-refractivity contribution in [1.82, 2.24) is 14.8 Å². The number of piperidine rings is 1. The minimum atomic E-state index is -0.157. The topological polar surface area (TPSA) is 66.0 Å². The van der Waals surface area contributed by atoms with E-state index in [9.17, 15) is 9.59 Å². The molecular weight excluding hydrogens is 308 g/mol. The van der Waals surface area contributed by atoms with Crippen LogP contribution >= 0.6 is 0 Å². The molecule has 7 heteroatoms. The number of pyridine rings is 1. The molecule has 130 valence electrons. The Morgan fingerprint density at radius 3 is 2.67 bits per heavy atom. The Morgan fingerprint density at radius 2 is 2.00 bits per heavy atom. The number of hydrogen-bond acceptors (Lipinski definition) is 5. The van der Waals surface area contributed by atoms with Crippen LogP contribution in [-0.2, 0) is 9.59 Å². The number of aromatic nitrogens is 1. The van der Waals surface area contributed by atoms with Crippen LogP contribution in [0, 0.1) is 5.92 Å². The lowest BCUT2D eigenvalue weighted by molar-refractivity contribution is -0.144. The van der Waals surface area contributed by atoms with Crippen molar-refractivity contribution in [3.8, 4) is 5.75 Å². The first-order valence-corrected chi connectivity index (χ1v) is 8.36. The molecule has 1 aromatic rings. The van der Waals surface area contributed by atoms with Crippen LogP contribution in [0.2, 0.25) is 0 Å². The van der Waals surface area contributed by atoms with Crippen LogP contribution in [-0.4, -0.2) is 73.5 Å². The zero-order valence-electron chi connectivity index (χ0n) is 14.3. The summed E-state index contributed by atoms with van der Waals surface area (Å²) in [6.07, 6.45) is 2.83. The van der Waals surface area contributed by atoms with Gasteiger partial charge in [-0.2, -0.15) is 0 Å². The number of piperazine rings is 1. The maximum Gasteiger partial charge on any atom is 0.226 e. The molecule has 0 spiro atoms.